The van der Waals surface area contributed by atoms with E-state index in [9.17, 15) is 4.79 Å². The molecule has 4 nitrogen and oxygen atoms in total. The van der Waals surface area contributed by atoms with E-state index in [-0.39, 0.29) is 12.5 Å². The van der Waals surface area contributed by atoms with Crippen LogP contribution in [0.5, 0.6) is 0 Å². The van der Waals surface area contributed by atoms with Crippen molar-refractivity contribution in [1.29, 1.82) is 0 Å². The molecule has 0 bridgehead atoms. The number of benzene rings is 2. The first kappa shape index (κ1) is 16.4. The third-order valence-electron chi connectivity index (χ3n) is 4.30. The Morgan fingerprint density at radius 3 is 2.21 bits per heavy atom. The normalized spacial score (nSPS) is 13.8. The Morgan fingerprint density at radius 1 is 0.958 bits per heavy atom. The summed E-state index contributed by atoms with van der Waals surface area (Å²) in [6.45, 7) is 6.63. The van der Waals surface area contributed by atoms with Gasteiger partial charge in [-0.3, -0.25) is 4.79 Å². The molecule has 2 N–H and O–H groups in total. The summed E-state index contributed by atoms with van der Waals surface area (Å²) in [5, 5.41) is 6.12. The zero-order valence-electron chi connectivity index (χ0n) is 14.4. The number of rotatable bonds is 5. The average Bonchev–Trinajstić information content (AvgIpc) is 3.07. The van der Waals surface area contributed by atoms with Gasteiger partial charge in [0.2, 0.25) is 5.91 Å². The first-order chi connectivity index (χ1) is 11.6. The van der Waals surface area contributed by atoms with Gasteiger partial charge in [0, 0.05) is 30.2 Å². The van der Waals surface area contributed by atoms with Crippen LogP contribution < -0.4 is 15.5 Å². The van der Waals surface area contributed by atoms with Crippen molar-refractivity contribution in [2.24, 2.45) is 0 Å². The highest BCUT2D eigenvalue weighted by molar-refractivity contribution is 5.93. The van der Waals surface area contributed by atoms with Crippen LogP contribution in [0.25, 0.3) is 0 Å². The Balaban J connectivity index is 1.52. The van der Waals surface area contributed by atoms with Crippen LogP contribution in [-0.2, 0) is 4.79 Å². The standard InChI is InChI=1S/C20H25N3O/c1-15-11-16(2)13-18(12-15)21-14-20(24)22-17-5-7-19(8-6-17)23-9-3-4-10-23/h5-8,11-13,21H,3-4,9-10,14H2,1-2H3,(H,22,24). The minimum Gasteiger partial charge on any atom is -0.376 e. The van der Waals surface area contributed by atoms with E-state index in [1.165, 1.54) is 29.7 Å². The van der Waals surface area contributed by atoms with Crippen LogP contribution >= 0.6 is 0 Å². The lowest BCUT2D eigenvalue weighted by Crippen LogP contribution is -2.22. The van der Waals surface area contributed by atoms with Crippen LogP contribution in [0.2, 0.25) is 0 Å². The molecule has 1 aliphatic rings. The highest BCUT2D eigenvalue weighted by atomic mass is 16.1. The number of amides is 1. The number of nitrogens with one attached hydrogen (secondary N) is 2. The molecule has 1 saturated heterocycles. The lowest BCUT2D eigenvalue weighted by Gasteiger charge is -2.17. The van der Waals surface area contributed by atoms with Crippen LogP contribution in [0.15, 0.2) is 42.5 Å². The molecule has 0 atom stereocenters. The van der Waals surface area contributed by atoms with Crippen LogP contribution in [0.1, 0.15) is 24.0 Å². The highest BCUT2D eigenvalue weighted by Crippen LogP contribution is 2.22. The third-order valence-corrected chi connectivity index (χ3v) is 4.30. The van der Waals surface area contributed by atoms with Crippen LogP contribution in [0.3, 0.4) is 0 Å². The zero-order chi connectivity index (χ0) is 16.9. The van der Waals surface area contributed by atoms with Crippen molar-refractivity contribution in [1.82, 2.24) is 0 Å². The van der Waals surface area contributed by atoms with Crippen molar-refractivity contribution in [3.05, 3.63) is 53.6 Å². The van der Waals surface area contributed by atoms with E-state index in [4.69, 9.17) is 0 Å². The number of carbonyl (C=O) groups excluding carboxylic acids is 1. The van der Waals surface area contributed by atoms with Crippen LogP contribution in [-0.4, -0.2) is 25.5 Å². The summed E-state index contributed by atoms with van der Waals surface area (Å²) in [5.41, 5.74) is 5.43. The second kappa shape index (κ2) is 7.39. The predicted octanol–water partition coefficient (Wildman–Crippen LogP) is 3.95. The highest BCUT2D eigenvalue weighted by Gasteiger charge is 2.12. The molecule has 0 saturated carbocycles. The molecule has 24 heavy (non-hydrogen) atoms. The SMILES string of the molecule is Cc1cc(C)cc(NCC(=O)Nc2ccc(N3CCCC3)cc2)c1. The molecule has 0 radical (unpaired) electrons. The molecular formula is C20H25N3O. The molecule has 0 aromatic heterocycles. The molecule has 1 amide bonds. The molecule has 0 spiro atoms. The van der Waals surface area contributed by atoms with Gasteiger partial charge in [-0.25, -0.2) is 0 Å². The van der Waals surface area contributed by atoms with Crippen molar-refractivity contribution in [2.75, 3.05) is 35.2 Å². The van der Waals surface area contributed by atoms with Gasteiger partial charge in [-0.2, -0.15) is 0 Å². The molecule has 126 valence electrons. The van der Waals surface area contributed by atoms with Gasteiger partial charge in [-0.15, -0.1) is 0 Å². The Morgan fingerprint density at radius 2 is 1.58 bits per heavy atom. The number of hydrogen-bond donors (Lipinski definition) is 2. The molecule has 3 rings (SSSR count). The molecule has 2 aromatic carbocycles. The minimum absolute atomic E-state index is 0.0388. The van der Waals surface area contributed by atoms with Gasteiger partial charge in [-0.05, 0) is 74.2 Å². The summed E-state index contributed by atoms with van der Waals surface area (Å²) < 4.78 is 0. The van der Waals surface area contributed by atoms with Crippen molar-refractivity contribution >= 4 is 23.0 Å². The average molecular weight is 323 g/mol. The Hall–Kier alpha value is -2.49. The van der Waals surface area contributed by atoms with Gasteiger partial charge in [0.1, 0.15) is 0 Å². The first-order valence-corrected chi connectivity index (χ1v) is 8.57. The summed E-state index contributed by atoms with van der Waals surface area (Å²) in [5.74, 6) is -0.0388. The summed E-state index contributed by atoms with van der Waals surface area (Å²) in [7, 11) is 0. The summed E-state index contributed by atoms with van der Waals surface area (Å²) in [6, 6.07) is 14.3. The molecule has 1 fully saturated rings. The monoisotopic (exact) mass is 323 g/mol. The molecule has 0 aliphatic carbocycles. The van der Waals surface area contributed by atoms with Crippen molar-refractivity contribution < 1.29 is 4.79 Å². The molecule has 4 heteroatoms. The molecule has 2 aromatic rings. The van der Waals surface area contributed by atoms with Gasteiger partial charge >= 0.3 is 0 Å². The van der Waals surface area contributed by atoms with Crippen LogP contribution in [0.4, 0.5) is 17.1 Å². The van der Waals surface area contributed by atoms with Crippen LogP contribution in [0, 0.1) is 13.8 Å². The Kier molecular flexibility index (Phi) is 5.04. The van der Waals surface area contributed by atoms with Gasteiger partial charge in [0.25, 0.3) is 0 Å². The van der Waals surface area contributed by atoms with E-state index < -0.39 is 0 Å². The number of anilines is 3. The van der Waals surface area contributed by atoms with Gasteiger partial charge in [0.15, 0.2) is 0 Å². The maximum absolute atomic E-state index is 12.1. The third kappa shape index (κ3) is 4.28. The maximum Gasteiger partial charge on any atom is 0.243 e. The van der Waals surface area contributed by atoms with E-state index in [1.54, 1.807) is 0 Å². The van der Waals surface area contributed by atoms with E-state index in [0.717, 1.165) is 24.5 Å². The second-order valence-corrected chi connectivity index (χ2v) is 6.52. The number of hydrogen-bond acceptors (Lipinski definition) is 3. The van der Waals surface area contributed by atoms with E-state index in [0.29, 0.717) is 0 Å². The zero-order valence-corrected chi connectivity index (χ0v) is 14.4. The summed E-state index contributed by atoms with van der Waals surface area (Å²) >= 11 is 0. The molecular weight excluding hydrogens is 298 g/mol. The van der Waals surface area contributed by atoms with Crippen molar-refractivity contribution in [3.8, 4) is 0 Å². The second-order valence-electron chi connectivity index (χ2n) is 6.52. The van der Waals surface area contributed by atoms with Crippen molar-refractivity contribution in [3.63, 3.8) is 0 Å². The fourth-order valence-electron chi connectivity index (χ4n) is 3.20. The lowest BCUT2D eigenvalue weighted by molar-refractivity contribution is -0.114. The van der Waals surface area contributed by atoms with E-state index >= 15 is 0 Å². The molecule has 1 aliphatic heterocycles. The predicted molar refractivity (Wildman–Crippen MR) is 101 cm³/mol. The number of nitrogens with zero attached hydrogens (tertiary/aromatic N) is 1. The smallest absolute Gasteiger partial charge is 0.243 e. The van der Waals surface area contributed by atoms with Gasteiger partial charge in [-0.1, -0.05) is 6.07 Å². The number of aryl methyl sites for hydroxylation is 2. The fraction of sp³-hybridized carbons (Fsp3) is 0.350. The lowest BCUT2D eigenvalue weighted by atomic mass is 10.1. The van der Waals surface area contributed by atoms with E-state index in [1.807, 2.05) is 24.3 Å². The summed E-state index contributed by atoms with van der Waals surface area (Å²) in [6.07, 6.45) is 2.53. The van der Waals surface area contributed by atoms with Gasteiger partial charge in [0.05, 0.1) is 6.54 Å². The topological polar surface area (TPSA) is 44.4 Å². The minimum atomic E-state index is -0.0388. The Labute approximate surface area is 143 Å². The molecule has 0 unspecified atom stereocenters. The molecule has 1 heterocycles. The number of carbonyl (C=O) groups is 1. The largest absolute Gasteiger partial charge is 0.376 e. The fourth-order valence-corrected chi connectivity index (χ4v) is 3.20. The first-order valence-electron chi connectivity index (χ1n) is 8.57. The Bertz CT molecular complexity index is 683. The van der Waals surface area contributed by atoms with E-state index in [2.05, 4.69) is 47.6 Å². The summed E-state index contributed by atoms with van der Waals surface area (Å²) in [4.78, 5) is 14.5. The van der Waals surface area contributed by atoms with Gasteiger partial charge < -0.3 is 15.5 Å². The van der Waals surface area contributed by atoms with Crippen molar-refractivity contribution in [2.45, 2.75) is 26.7 Å². The quantitative estimate of drug-likeness (QED) is 0.875. The maximum atomic E-state index is 12.1.